The highest BCUT2D eigenvalue weighted by Gasteiger charge is 2.29. The highest BCUT2D eigenvalue weighted by atomic mass is 16.5. The van der Waals surface area contributed by atoms with Crippen LogP contribution >= 0.6 is 0 Å². The Balaban J connectivity index is 1.59. The average molecular weight is 260 g/mol. The summed E-state index contributed by atoms with van der Waals surface area (Å²) in [5.41, 5.74) is 1.11. The minimum atomic E-state index is -0.142. The molecule has 0 N–H and O–H groups in total. The maximum atomic E-state index is 12.2. The summed E-state index contributed by atoms with van der Waals surface area (Å²) in [5.74, 6) is 0.683. The van der Waals surface area contributed by atoms with Crippen molar-refractivity contribution in [2.75, 3.05) is 6.61 Å². The molecule has 1 atom stereocenters. The number of esters is 1. The van der Waals surface area contributed by atoms with Crippen molar-refractivity contribution in [1.82, 2.24) is 0 Å². The number of carbonyl (C=O) groups is 1. The SMILES string of the molecule is O=C(OC1CCCCC1)C1COc2ccccc2C1. The lowest BCUT2D eigenvalue weighted by Crippen LogP contribution is -2.33. The molecule has 0 spiro atoms. The van der Waals surface area contributed by atoms with Gasteiger partial charge in [-0.1, -0.05) is 24.6 Å². The third-order valence-electron chi connectivity index (χ3n) is 4.05. The van der Waals surface area contributed by atoms with Gasteiger partial charge < -0.3 is 9.47 Å². The maximum absolute atomic E-state index is 12.2. The minimum absolute atomic E-state index is 0.0820. The molecule has 0 aromatic heterocycles. The number of carbonyl (C=O) groups excluding carboxylic acids is 1. The average Bonchev–Trinajstić information content (AvgIpc) is 2.48. The molecule has 19 heavy (non-hydrogen) atoms. The molecule has 0 amide bonds. The van der Waals surface area contributed by atoms with Crippen molar-refractivity contribution in [2.24, 2.45) is 5.92 Å². The van der Waals surface area contributed by atoms with Crippen LogP contribution < -0.4 is 4.74 Å². The van der Waals surface area contributed by atoms with Gasteiger partial charge in [-0.3, -0.25) is 4.79 Å². The van der Waals surface area contributed by atoms with Crippen LogP contribution in [0.2, 0.25) is 0 Å². The quantitative estimate of drug-likeness (QED) is 0.766. The molecule has 1 aromatic rings. The van der Waals surface area contributed by atoms with Gasteiger partial charge in [0, 0.05) is 0 Å². The van der Waals surface area contributed by atoms with E-state index in [0.29, 0.717) is 6.61 Å². The van der Waals surface area contributed by atoms with Gasteiger partial charge in [0.15, 0.2) is 0 Å². The summed E-state index contributed by atoms with van der Waals surface area (Å²) < 4.78 is 11.3. The lowest BCUT2D eigenvalue weighted by atomic mass is 9.95. The van der Waals surface area contributed by atoms with E-state index in [1.165, 1.54) is 19.3 Å². The summed E-state index contributed by atoms with van der Waals surface area (Å²) in [7, 11) is 0. The van der Waals surface area contributed by atoms with Crippen LogP contribution in [0, 0.1) is 5.92 Å². The summed E-state index contributed by atoms with van der Waals surface area (Å²) in [6.45, 7) is 0.447. The molecule has 2 aliphatic rings. The lowest BCUT2D eigenvalue weighted by Gasteiger charge is -2.27. The molecule has 0 saturated heterocycles. The fourth-order valence-corrected chi connectivity index (χ4v) is 2.92. The second-order valence-corrected chi connectivity index (χ2v) is 5.52. The third kappa shape index (κ3) is 2.91. The molecule has 102 valence electrons. The molecule has 3 heteroatoms. The zero-order chi connectivity index (χ0) is 13.1. The van der Waals surface area contributed by atoms with Crippen LogP contribution in [0.4, 0.5) is 0 Å². The number of hydrogen-bond acceptors (Lipinski definition) is 3. The molecule has 1 aromatic carbocycles. The first-order valence-electron chi connectivity index (χ1n) is 7.24. The largest absolute Gasteiger partial charge is 0.492 e. The second-order valence-electron chi connectivity index (χ2n) is 5.52. The third-order valence-corrected chi connectivity index (χ3v) is 4.05. The predicted molar refractivity (Wildman–Crippen MR) is 72.1 cm³/mol. The van der Waals surface area contributed by atoms with Gasteiger partial charge in [-0.05, 0) is 43.7 Å². The van der Waals surface area contributed by atoms with E-state index in [4.69, 9.17) is 9.47 Å². The fourth-order valence-electron chi connectivity index (χ4n) is 2.92. The van der Waals surface area contributed by atoms with Crippen LogP contribution in [0.5, 0.6) is 5.75 Å². The van der Waals surface area contributed by atoms with Crippen LogP contribution in [0.25, 0.3) is 0 Å². The summed E-state index contributed by atoms with van der Waals surface area (Å²) in [5, 5.41) is 0. The molecule has 3 nitrogen and oxygen atoms in total. The number of benzene rings is 1. The van der Waals surface area contributed by atoms with E-state index in [1.54, 1.807) is 0 Å². The monoisotopic (exact) mass is 260 g/mol. The van der Waals surface area contributed by atoms with Crippen molar-refractivity contribution in [3.8, 4) is 5.75 Å². The Labute approximate surface area is 113 Å². The predicted octanol–water partition coefficient (Wildman–Crippen LogP) is 3.11. The molecule has 0 radical (unpaired) electrons. The van der Waals surface area contributed by atoms with E-state index in [1.807, 2.05) is 24.3 Å². The molecule has 1 aliphatic carbocycles. The summed E-state index contributed by atoms with van der Waals surface area (Å²) in [6, 6.07) is 7.92. The van der Waals surface area contributed by atoms with E-state index >= 15 is 0 Å². The number of hydrogen-bond donors (Lipinski definition) is 0. The molecular formula is C16H20O3. The summed E-state index contributed by atoms with van der Waals surface area (Å²) in [4.78, 5) is 12.2. The van der Waals surface area contributed by atoms with Gasteiger partial charge in [0.05, 0.1) is 5.92 Å². The first-order chi connectivity index (χ1) is 9.33. The molecule has 1 heterocycles. The van der Waals surface area contributed by atoms with Gasteiger partial charge in [-0.15, -0.1) is 0 Å². The van der Waals surface area contributed by atoms with Gasteiger partial charge >= 0.3 is 5.97 Å². The van der Waals surface area contributed by atoms with E-state index in [-0.39, 0.29) is 18.0 Å². The summed E-state index contributed by atoms with van der Waals surface area (Å²) >= 11 is 0. The van der Waals surface area contributed by atoms with Gasteiger partial charge in [-0.25, -0.2) is 0 Å². The number of para-hydroxylation sites is 1. The van der Waals surface area contributed by atoms with Crippen LogP contribution in [0.3, 0.4) is 0 Å². The van der Waals surface area contributed by atoms with Crippen LogP contribution in [0.1, 0.15) is 37.7 Å². The van der Waals surface area contributed by atoms with E-state index in [9.17, 15) is 4.79 Å². The smallest absolute Gasteiger partial charge is 0.313 e. The van der Waals surface area contributed by atoms with Crippen LogP contribution in [0.15, 0.2) is 24.3 Å². The van der Waals surface area contributed by atoms with Crippen molar-refractivity contribution < 1.29 is 14.3 Å². The van der Waals surface area contributed by atoms with E-state index in [2.05, 4.69) is 0 Å². The topological polar surface area (TPSA) is 35.5 Å². The number of fused-ring (bicyclic) bond motifs is 1. The molecule has 1 fully saturated rings. The molecule has 1 aliphatic heterocycles. The van der Waals surface area contributed by atoms with Crippen LogP contribution in [-0.2, 0) is 16.0 Å². The fraction of sp³-hybridized carbons (Fsp3) is 0.562. The van der Waals surface area contributed by atoms with Crippen LogP contribution in [-0.4, -0.2) is 18.7 Å². The van der Waals surface area contributed by atoms with Crippen molar-refractivity contribution in [3.05, 3.63) is 29.8 Å². The molecule has 1 unspecified atom stereocenters. The van der Waals surface area contributed by atoms with Crippen molar-refractivity contribution >= 4 is 5.97 Å². The Hall–Kier alpha value is -1.51. The molecule has 1 saturated carbocycles. The normalized spacial score (nSPS) is 23.3. The standard InChI is InChI=1S/C16H20O3/c17-16(19-14-7-2-1-3-8-14)13-10-12-6-4-5-9-15(12)18-11-13/h4-6,9,13-14H,1-3,7-8,10-11H2. The Morgan fingerprint density at radius 2 is 1.95 bits per heavy atom. The Bertz CT molecular complexity index is 449. The Morgan fingerprint density at radius 1 is 1.16 bits per heavy atom. The highest BCUT2D eigenvalue weighted by molar-refractivity contribution is 5.73. The Morgan fingerprint density at radius 3 is 2.79 bits per heavy atom. The summed E-state index contributed by atoms with van der Waals surface area (Å²) in [6.07, 6.45) is 6.56. The van der Waals surface area contributed by atoms with Crippen molar-refractivity contribution in [3.63, 3.8) is 0 Å². The van der Waals surface area contributed by atoms with E-state index < -0.39 is 0 Å². The van der Waals surface area contributed by atoms with Crippen molar-refractivity contribution in [2.45, 2.75) is 44.6 Å². The van der Waals surface area contributed by atoms with Crippen molar-refractivity contribution in [1.29, 1.82) is 0 Å². The van der Waals surface area contributed by atoms with Gasteiger partial charge in [0.25, 0.3) is 0 Å². The first-order valence-corrected chi connectivity index (χ1v) is 7.24. The molecular weight excluding hydrogens is 240 g/mol. The molecule has 3 rings (SSSR count). The number of rotatable bonds is 2. The maximum Gasteiger partial charge on any atom is 0.313 e. The van der Waals surface area contributed by atoms with Gasteiger partial charge in [0.1, 0.15) is 18.5 Å². The Kier molecular flexibility index (Phi) is 3.72. The first kappa shape index (κ1) is 12.5. The lowest BCUT2D eigenvalue weighted by molar-refractivity contribution is -0.157. The van der Waals surface area contributed by atoms with Gasteiger partial charge in [-0.2, -0.15) is 0 Å². The van der Waals surface area contributed by atoms with Gasteiger partial charge in [0.2, 0.25) is 0 Å². The minimum Gasteiger partial charge on any atom is -0.492 e. The zero-order valence-electron chi connectivity index (χ0n) is 11.1. The number of ether oxygens (including phenoxy) is 2. The second kappa shape index (κ2) is 5.64. The zero-order valence-corrected chi connectivity index (χ0v) is 11.1. The highest BCUT2D eigenvalue weighted by Crippen LogP contribution is 2.28. The van der Waals surface area contributed by atoms with E-state index in [0.717, 1.165) is 30.6 Å². The molecule has 0 bridgehead atoms.